The molecule has 2 aliphatic rings. The first-order valence-corrected chi connectivity index (χ1v) is 13.0. The number of ether oxygens (including phenoxy) is 2. The lowest BCUT2D eigenvalue weighted by Crippen LogP contribution is -2.50. The third-order valence-electron chi connectivity index (χ3n) is 7.08. The van der Waals surface area contributed by atoms with Crippen LogP contribution in [0.2, 0.25) is 0 Å². The average Bonchev–Trinajstić information content (AvgIpc) is 3.39. The molecule has 0 radical (unpaired) electrons. The summed E-state index contributed by atoms with van der Waals surface area (Å²) in [5.74, 6) is -1.09. The summed E-state index contributed by atoms with van der Waals surface area (Å²) < 4.78 is 56.4. The molecule has 3 heterocycles. The van der Waals surface area contributed by atoms with Crippen LogP contribution in [0.5, 0.6) is 5.75 Å². The lowest BCUT2D eigenvalue weighted by molar-refractivity contribution is 0.0960. The van der Waals surface area contributed by atoms with Crippen LogP contribution in [-0.2, 0) is 4.74 Å². The zero-order valence-corrected chi connectivity index (χ0v) is 22.1. The molecule has 3 aromatic rings. The SMILES string of the molecule is CCC(C)N1CC(C)(C)Oc2c(F)cc(-c3cc(Nc4ccc(NC5CCOC5)c(F)c4)ncc3F)cc21. The van der Waals surface area contributed by atoms with E-state index in [2.05, 4.69) is 34.4 Å². The summed E-state index contributed by atoms with van der Waals surface area (Å²) in [5, 5.41) is 6.17. The van der Waals surface area contributed by atoms with Crippen LogP contribution in [0, 0.1) is 17.5 Å². The smallest absolute Gasteiger partial charge is 0.179 e. The van der Waals surface area contributed by atoms with Gasteiger partial charge in [-0.15, -0.1) is 0 Å². The first kappa shape index (κ1) is 26.2. The lowest BCUT2D eigenvalue weighted by Gasteiger charge is -2.44. The van der Waals surface area contributed by atoms with E-state index in [0.717, 1.165) is 19.0 Å². The van der Waals surface area contributed by atoms with Crippen LogP contribution in [0.25, 0.3) is 11.1 Å². The zero-order chi connectivity index (χ0) is 27.0. The van der Waals surface area contributed by atoms with E-state index in [0.29, 0.717) is 48.2 Å². The summed E-state index contributed by atoms with van der Waals surface area (Å²) >= 11 is 0. The van der Waals surface area contributed by atoms with E-state index in [1.165, 1.54) is 18.2 Å². The molecule has 0 amide bonds. The Balaban J connectivity index is 1.43. The van der Waals surface area contributed by atoms with Gasteiger partial charge in [-0.3, -0.25) is 0 Å². The fraction of sp³-hybridized carbons (Fsp3) is 0.414. The number of anilines is 4. The van der Waals surface area contributed by atoms with Crippen LogP contribution < -0.4 is 20.3 Å². The molecule has 2 aromatic carbocycles. The third-order valence-corrected chi connectivity index (χ3v) is 7.08. The van der Waals surface area contributed by atoms with Crippen LogP contribution in [0.1, 0.15) is 40.5 Å². The summed E-state index contributed by atoms with van der Waals surface area (Å²) in [6, 6.07) is 9.47. The molecular weight excluding hydrogens is 493 g/mol. The van der Waals surface area contributed by atoms with E-state index in [1.807, 2.05) is 13.8 Å². The second-order valence-corrected chi connectivity index (χ2v) is 10.6. The molecule has 0 bridgehead atoms. The topological polar surface area (TPSA) is 58.7 Å². The van der Waals surface area contributed by atoms with Gasteiger partial charge in [-0.1, -0.05) is 6.92 Å². The molecule has 0 saturated carbocycles. The van der Waals surface area contributed by atoms with Crippen LogP contribution >= 0.6 is 0 Å². The second kappa shape index (κ2) is 10.4. The maximum atomic E-state index is 15.3. The van der Waals surface area contributed by atoms with Gasteiger partial charge in [0.1, 0.15) is 23.1 Å². The van der Waals surface area contributed by atoms with Crippen LogP contribution in [0.4, 0.5) is 36.1 Å². The highest BCUT2D eigenvalue weighted by Gasteiger charge is 2.36. The van der Waals surface area contributed by atoms with Crippen molar-refractivity contribution < 1.29 is 22.6 Å². The lowest BCUT2D eigenvalue weighted by atomic mass is 9.98. The van der Waals surface area contributed by atoms with Crippen molar-refractivity contribution in [2.75, 3.05) is 35.3 Å². The Morgan fingerprint density at radius 2 is 1.92 bits per heavy atom. The van der Waals surface area contributed by atoms with E-state index in [9.17, 15) is 8.78 Å². The molecule has 1 saturated heterocycles. The Hall–Kier alpha value is -3.46. The number of nitrogens with one attached hydrogen (secondary N) is 2. The Bertz CT molecular complexity index is 1330. The number of halogens is 3. The molecule has 9 heteroatoms. The number of benzene rings is 2. The first-order chi connectivity index (χ1) is 18.1. The predicted octanol–water partition coefficient (Wildman–Crippen LogP) is 6.89. The predicted molar refractivity (Wildman–Crippen MR) is 144 cm³/mol. The van der Waals surface area contributed by atoms with Gasteiger partial charge in [-0.05, 0) is 75.6 Å². The van der Waals surface area contributed by atoms with Gasteiger partial charge in [-0.2, -0.15) is 0 Å². The number of pyridine rings is 1. The van der Waals surface area contributed by atoms with Crippen molar-refractivity contribution in [1.82, 2.24) is 4.98 Å². The van der Waals surface area contributed by atoms with Crippen molar-refractivity contribution in [1.29, 1.82) is 0 Å². The van der Waals surface area contributed by atoms with Crippen LogP contribution in [0.3, 0.4) is 0 Å². The van der Waals surface area contributed by atoms with Gasteiger partial charge in [0.05, 0.1) is 36.8 Å². The van der Waals surface area contributed by atoms with E-state index in [4.69, 9.17) is 9.47 Å². The number of hydrogen-bond donors (Lipinski definition) is 2. The summed E-state index contributed by atoms with van der Waals surface area (Å²) in [6.07, 6.45) is 2.76. The molecule has 1 fully saturated rings. The van der Waals surface area contributed by atoms with E-state index >= 15 is 4.39 Å². The van der Waals surface area contributed by atoms with Crippen LogP contribution in [-0.4, -0.2) is 42.4 Å². The molecule has 2 N–H and O–H groups in total. The highest BCUT2D eigenvalue weighted by atomic mass is 19.1. The van der Waals surface area contributed by atoms with Crippen molar-refractivity contribution in [3.05, 3.63) is 60.0 Å². The number of aromatic nitrogens is 1. The standard InChI is InChI=1S/C29H33F3N4O2/c1-5-17(2)36-16-29(3,4)38-28-23(31)10-18(11-26(28)36)21-13-27(33-14-24(21)32)35-19-6-7-25(22(30)12-19)34-20-8-9-37-15-20/h6-7,10-14,17,20,34H,5,8-9,15-16H2,1-4H3,(H,33,35). The second-order valence-electron chi connectivity index (χ2n) is 10.6. The van der Waals surface area contributed by atoms with Crippen molar-refractivity contribution in [2.24, 2.45) is 0 Å². The number of nitrogens with zero attached hydrogens (tertiary/aromatic N) is 2. The Morgan fingerprint density at radius 3 is 2.63 bits per heavy atom. The molecule has 6 nitrogen and oxygen atoms in total. The van der Waals surface area contributed by atoms with Crippen LogP contribution in [0.15, 0.2) is 42.6 Å². The maximum Gasteiger partial charge on any atom is 0.179 e. The Morgan fingerprint density at radius 1 is 1.11 bits per heavy atom. The summed E-state index contributed by atoms with van der Waals surface area (Å²) in [7, 11) is 0. The minimum atomic E-state index is -0.591. The molecule has 0 spiro atoms. The van der Waals surface area contributed by atoms with Crippen molar-refractivity contribution in [3.8, 4) is 16.9 Å². The van der Waals surface area contributed by atoms with E-state index < -0.39 is 23.1 Å². The Kier molecular flexibility index (Phi) is 7.13. The first-order valence-electron chi connectivity index (χ1n) is 13.0. The zero-order valence-electron chi connectivity index (χ0n) is 22.1. The van der Waals surface area contributed by atoms with Gasteiger partial charge in [-0.25, -0.2) is 18.2 Å². The summed E-state index contributed by atoms with van der Waals surface area (Å²) in [6.45, 7) is 9.78. The molecule has 2 unspecified atom stereocenters. The van der Waals surface area contributed by atoms with Gasteiger partial charge in [0, 0.05) is 23.9 Å². The number of rotatable bonds is 7. The molecule has 2 aliphatic heterocycles. The van der Waals surface area contributed by atoms with Gasteiger partial charge < -0.3 is 25.0 Å². The van der Waals surface area contributed by atoms with E-state index in [-0.39, 0.29) is 23.4 Å². The van der Waals surface area contributed by atoms with E-state index in [1.54, 1.807) is 18.2 Å². The highest BCUT2D eigenvalue weighted by Crippen LogP contribution is 2.43. The Labute approximate surface area is 221 Å². The quantitative estimate of drug-likeness (QED) is 0.350. The fourth-order valence-corrected chi connectivity index (χ4v) is 4.92. The summed E-state index contributed by atoms with van der Waals surface area (Å²) in [5.41, 5.74) is 1.42. The molecular formula is C29H33F3N4O2. The normalized spacial score (nSPS) is 19.0. The fourth-order valence-electron chi connectivity index (χ4n) is 4.92. The van der Waals surface area contributed by atoms with Gasteiger partial charge in [0.25, 0.3) is 0 Å². The van der Waals surface area contributed by atoms with Gasteiger partial charge in [0.2, 0.25) is 0 Å². The highest BCUT2D eigenvalue weighted by molar-refractivity contribution is 5.76. The van der Waals surface area contributed by atoms with Crippen molar-refractivity contribution >= 4 is 22.9 Å². The largest absolute Gasteiger partial charge is 0.481 e. The van der Waals surface area contributed by atoms with Crippen molar-refractivity contribution in [2.45, 2.75) is 58.2 Å². The number of hydrogen-bond acceptors (Lipinski definition) is 6. The van der Waals surface area contributed by atoms with Crippen molar-refractivity contribution in [3.63, 3.8) is 0 Å². The maximum absolute atomic E-state index is 15.3. The third kappa shape index (κ3) is 5.38. The minimum absolute atomic E-state index is 0.0781. The van der Waals surface area contributed by atoms with Gasteiger partial charge >= 0.3 is 0 Å². The molecule has 2 atom stereocenters. The summed E-state index contributed by atoms with van der Waals surface area (Å²) in [4.78, 5) is 6.22. The monoisotopic (exact) mass is 526 g/mol. The minimum Gasteiger partial charge on any atom is -0.481 e. The molecule has 38 heavy (non-hydrogen) atoms. The van der Waals surface area contributed by atoms with Gasteiger partial charge in [0.15, 0.2) is 11.6 Å². The average molecular weight is 527 g/mol. The number of fused-ring (bicyclic) bond motifs is 1. The molecule has 202 valence electrons. The molecule has 1 aromatic heterocycles. The molecule has 5 rings (SSSR count). The molecule has 0 aliphatic carbocycles.